The van der Waals surface area contributed by atoms with E-state index >= 15 is 0 Å². The topological polar surface area (TPSA) is 166 Å². The van der Waals surface area contributed by atoms with Gasteiger partial charge >= 0.3 is 20.0 Å². The Hall–Kier alpha value is -4.59. The Bertz CT molecular complexity index is 2550. The first kappa shape index (κ1) is 40.8. The highest BCUT2D eigenvalue weighted by Gasteiger charge is 3.01. The fraction of sp³-hybridized carbons (Fsp3) is 0.442. The van der Waals surface area contributed by atoms with Crippen LogP contribution in [-0.2, 0) is 18.9 Å². The third kappa shape index (κ3) is 6.07. The molecule has 3 fully saturated rings. The van der Waals surface area contributed by atoms with E-state index in [1.54, 1.807) is 42.1 Å². The van der Waals surface area contributed by atoms with Gasteiger partial charge in [0.05, 0.1) is 28.8 Å². The number of anilines is 2. The molecule has 9 rings (SSSR count). The molecule has 5 atom stereocenters. The molecule has 1 spiro atoms. The van der Waals surface area contributed by atoms with Gasteiger partial charge in [-0.25, -0.2) is 14.2 Å². The summed E-state index contributed by atoms with van der Waals surface area (Å²) < 4.78 is 28.4. The Labute approximate surface area is 356 Å². The molecule has 2 N–H and O–H groups in total. The Morgan fingerprint density at radius 2 is 1.22 bits per heavy atom. The van der Waals surface area contributed by atoms with E-state index in [1.807, 2.05) is 43.3 Å². The fourth-order valence-corrected chi connectivity index (χ4v) is 11.5. The van der Waals surface area contributed by atoms with E-state index in [1.165, 1.54) is 15.9 Å². The summed E-state index contributed by atoms with van der Waals surface area (Å²) in [4.78, 5) is 81.0. The average molecular weight is 880 g/mol. The molecule has 3 saturated carbocycles. The smallest absolute Gasteiger partial charge is 0.449 e. The van der Waals surface area contributed by atoms with Crippen LogP contribution in [0.5, 0.6) is 11.5 Å². The van der Waals surface area contributed by atoms with Gasteiger partial charge in [-0.2, -0.15) is 0 Å². The van der Waals surface area contributed by atoms with Gasteiger partial charge in [-0.3, -0.25) is 19.4 Å². The quantitative estimate of drug-likeness (QED) is 0.107. The summed E-state index contributed by atoms with van der Waals surface area (Å²) in [5, 5.41) is 2.73. The minimum Gasteiger partial charge on any atom is -0.449 e. The Morgan fingerprint density at radius 3 is 1.68 bits per heavy atom. The minimum absolute atomic E-state index is 0.0268. The summed E-state index contributed by atoms with van der Waals surface area (Å²) >= 11 is 13.1. The summed E-state index contributed by atoms with van der Waals surface area (Å²) in [6.07, 6.45) is 1.08. The molecule has 4 aromatic rings. The molecule has 14 nitrogen and oxygen atoms in total. The lowest BCUT2D eigenvalue weighted by atomic mass is 9.72. The van der Waals surface area contributed by atoms with Gasteiger partial charge in [0.2, 0.25) is 11.8 Å². The molecule has 0 radical (unpaired) electrons. The summed E-state index contributed by atoms with van der Waals surface area (Å²) in [6.45, 7) is 3.27. The number of carbonyl (C=O) groups is 4. The van der Waals surface area contributed by atoms with E-state index in [0.29, 0.717) is 72.9 Å². The highest BCUT2D eigenvalue weighted by molar-refractivity contribution is 7.46. The van der Waals surface area contributed by atoms with Gasteiger partial charge < -0.3 is 33.6 Å². The number of rotatable bonds is 12. The van der Waals surface area contributed by atoms with Gasteiger partial charge in [0, 0.05) is 92.2 Å². The van der Waals surface area contributed by atoms with Crippen LogP contribution in [0.1, 0.15) is 55.6 Å². The van der Waals surface area contributed by atoms with Gasteiger partial charge in [-0.15, -0.1) is 23.2 Å². The molecule has 5 aliphatic rings. The average Bonchev–Trinajstić information content (AvgIpc) is 3.74. The summed E-state index contributed by atoms with van der Waals surface area (Å²) in [7, 11) is -1.74. The van der Waals surface area contributed by atoms with E-state index in [4.69, 9.17) is 37.2 Å². The molecule has 316 valence electrons. The molecule has 3 aliphatic carbocycles. The van der Waals surface area contributed by atoms with Crippen LogP contribution >= 0.6 is 31.0 Å². The maximum absolute atomic E-state index is 14.9. The van der Waals surface area contributed by atoms with Crippen LogP contribution in [0, 0.1) is 16.2 Å². The highest BCUT2D eigenvalue weighted by atomic mass is 35.5. The second-order valence-electron chi connectivity index (χ2n) is 16.9. The first-order valence-electron chi connectivity index (χ1n) is 20.1. The van der Waals surface area contributed by atoms with E-state index < -0.39 is 36.3 Å². The summed E-state index contributed by atoms with van der Waals surface area (Å²) in [6, 6.07) is 17.9. The summed E-state index contributed by atoms with van der Waals surface area (Å²) in [5.74, 6) is 0.137. The van der Waals surface area contributed by atoms with Gasteiger partial charge in [-0.05, 0) is 47.6 Å². The van der Waals surface area contributed by atoms with Crippen molar-refractivity contribution in [3.8, 4) is 11.5 Å². The normalized spacial score (nSPS) is 25.4. The third-order valence-electron chi connectivity index (χ3n) is 13.6. The molecular weight excluding hydrogens is 834 g/mol. The highest BCUT2D eigenvalue weighted by Crippen LogP contribution is 3.01. The molecule has 0 saturated heterocycles. The monoisotopic (exact) mass is 878 g/mol. The zero-order chi connectivity index (χ0) is 42.5. The standard InChI is InChI=1S/C43H45Cl2N4O10P/c1-4-15-57-39(52)46(2)13-14-47(3)40(53)58-33-16-31-35(29-11-7-5-9-27(29)33)25(18-44)20-48(31)37(50)41-22-42(24-43(41,42)23-41)38(51)49-21-26(19-45)36-30-12-8-6-10-28(30)34(17-32(36)49)59-60(54,55)56/h5-12,16-17,25-26H,4,13-15,18-24H2,1-3H3,(H2,54,55,56). The van der Waals surface area contributed by atoms with Crippen LogP contribution in [0.4, 0.5) is 21.0 Å². The predicted octanol–water partition coefficient (Wildman–Crippen LogP) is 7.58. The van der Waals surface area contributed by atoms with Crippen LogP contribution in [0.2, 0.25) is 0 Å². The van der Waals surface area contributed by atoms with Gasteiger partial charge in [0.15, 0.2) is 0 Å². The van der Waals surface area contributed by atoms with Crippen molar-refractivity contribution < 1.29 is 47.5 Å². The lowest BCUT2D eigenvalue weighted by Gasteiger charge is -2.37. The number of ether oxygens (including phenoxy) is 2. The van der Waals surface area contributed by atoms with Crippen LogP contribution in [0.3, 0.4) is 0 Å². The minimum atomic E-state index is -4.93. The lowest BCUT2D eigenvalue weighted by Crippen LogP contribution is -2.49. The van der Waals surface area contributed by atoms with Crippen molar-refractivity contribution in [2.24, 2.45) is 16.2 Å². The Balaban J connectivity index is 0.971. The molecule has 4 aromatic carbocycles. The number of hydrogen-bond donors (Lipinski definition) is 2. The number of carbonyl (C=O) groups excluding carboxylic acids is 4. The first-order valence-corrected chi connectivity index (χ1v) is 22.7. The second-order valence-corrected chi connectivity index (χ2v) is 18.7. The van der Waals surface area contributed by atoms with Crippen molar-refractivity contribution in [2.75, 3.05) is 68.4 Å². The van der Waals surface area contributed by atoms with Crippen molar-refractivity contribution >= 4 is 87.9 Å². The van der Waals surface area contributed by atoms with E-state index in [-0.39, 0.29) is 60.0 Å². The molecule has 2 aliphatic heterocycles. The SMILES string of the molecule is CCCOC(=O)N(C)CCN(C)C(=O)Oc1cc2c(c3ccccc13)C(CCl)CN2C(=O)C12CC3(C(=O)N4CC(CCl)c5c4cc(OP(=O)(O)O)c4ccccc54)CC13C2. The number of alkyl halides is 2. The molecule has 0 bridgehead atoms. The maximum Gasteiger partial charge on any atom is 0.524 e. The van der Waals surface area contributed by atoms with E-state index in [9.17, 15) is 33.5 Å². The van der Waals surface area contributed by atoms with Gasteiger partial charge in [0.1, 0.15) is 11.5 Å². The number of nitrogens with zero attached hydrogens (tertiary/aromatic N) is 4. The predicted molar refractivity (Wildman–Crippen MR) is 226 cm³/mol. The first-order chi connectivity index (χ1) is 28.6. The molecule has 5 unspecified atom stereocenters. The number of phosphoric ester groups is 1. The number of amides is 4. The van der Waals surface area contributed by atoms with Gasteiger partial charge in [-0.1, -0.05) is 55.5 Å². The number of fused-ring (bicyclic) bond motifs is 6. The second kappa shape index (κ2) is 14.5. The Morgan fingerprint density at radius 1 is 0.750 bits per heavy atom. The number of phosphoric acid groups is 1. The molecule has 4 amide bonds. The molecule has 60 heavy (non-hydrogen) atoms. The number of benzene rings is 4. The third-order valence-corrected chi connectivity index (χ3v) is 14.7. The van der Waals surface area contributed by atoms with Crippen molar-refractivity contribution in [3.05, 3.63) is 71.8 Å². The largest absolute Gasteiger partial charge is 0.524 e. The zero-order valence-electron chi connectivity index (χ0n) is 33.4. The van der Waals surface area contributed by atoms with Crippen LogP contribution < -0.4 is 19.1 Å². The van der Waals surface area contributed by atoms with Gasteiger partial charge in [0.25, 0.3) is 0 Å². The zero-order valence-corrected chi connectivity index (χ0v) is 35.8. The van der Waals surface area contributed by atoms with Crippen LogP contribution in [0.15, 0.2) is 60.7 Å². The van der Waals surface area contributed by atoms with E-state index in [2.05, 4.69) is 0 Å². The van der Waals surface area contributed by atoms with Crippen LogP contribution in [0.25, 0.3) is 21.5 Å². The van der Waals surface area contributed by atoms with E-state index in [0.717, 1.165) is 16.5 Å². The Kier molecular flexibility index (Phi) is 9.87. The molecule has 17 heteroatoms. The number of halogens is 2. The molecule has 0 aromatic heterocycles. The number of hydrogen-bond acceptors (Lipinski definition) is 8. The molecular formula is C43H45Cl2N4O10P. The molecule has 2 heterocycles. The fourth-order valence-electron chi connectivity index (χ4n) is 10.6. The lowest BCUT2D eigenvalue weighted by molar-refractivity contribution is -0.134. The number of likely N-dealkylation sites (N-methyl/N-ethyl adjacent to an activating group) is 2. The van der Waals surface area contributed by atoms with Crippen molar-refractivity contribution in [2.45, 2.75) is 44.4 Å². The van der Waals surface area contributed by atoms with Crippen molar-refractivity contribution in [1.82, 2.24) is 9.80 Å². The van der Waals surface area contributed by atoms with Crippen molar-refractivity contribution in [3.63, 3.8) is 0 Å². The van der Waals surface area contributed by atoms with Crippen LogP contribution in [-0.4, -0.2) is 102 Å². The summed E-state index contributed by atoms with van der Waals surface area (Å²) in [5.41, 5.74) is 0.872. The maximum atomic E-state index is 14.9. The van der Waals surface area contributed by atoms with Crippen molar-refractivity contribution in [1.29, 1.82) is 0 Å².